The van der Waals surface area contributed by atoms with E-state index in [4.69, 9.17) is 5.26 Å². The minimum atomic E-state index is -1.47. The monoisotopic (exact) mass is 215 g/mol. The van der Waals surface area contributed by atoms with Gasteiger partial charge in [0.25, 0.3) is 0 Å². The lowest BCUT2D eigenvalue weighted by Gasteiger charge is -2.01. The van der Waals surface area contributed by atoms with Gasteiger partial charge in [0.05, 0.1) is 18.1 Å². The fourth-order valence-electron chi connectivity index (χ4n) is 0.967. The van der Waals surface area contributed by atoms with E-state index in [9.17, 15) is 17.6 Å². The van der Waals surface area contributed by atoms with E-state index < -0.39 is 28.8 Å². The van der Waals surface area contributed by atoms with E-state index in [0.717, 1.165) is 12.2 Å². The lowest BCUT2D eigenvalue weighted by Crippen LogP contribution is -1.97. The summed E-state index contributed by atoms with van der Waals surface area (Å²) in [4.78, 5) is 0. The molecule has 1 nitrogen and oxygen atoms in total. The maximum atomic E-state index is 13.0. The molecule has 0 spiro atoms. The predicted molar refractivity (Wildman–Crippen MR) is 45.5 cm³/mol. The molecule has 0 bridgehead atoms. The Bertz CT molecular complexity index is 419. The topological polar surface area (TPSA) is 23.8 Å². The van der Waals surface area contributed by atoms with Crippen LogP contribution in [0.4, 0.5) is 17.6 Å². The number of nitrogens with zero attached hydrogens (tertiary/aromatic N) is 1. The Hall–Kier alpha value is -1.83. The summed E-state index contributed by atoms with van der Waals surface area (Å²) in [5.74, 6) is -5.87. The molecule has 0 heterocycles. The number of rotatable bonds is 2. The van der Waals surface area contributed by atoms with Crippen LogP contribution in [0, 0.1) is 34.6 Å². The summed E-state index contributed by atoms with van der Waals surface area (Å²) in [6, 6.07) is 1.82. The number of nitriles is 1. The second-order valence-electron chi connectivity index (χ2n) is 2.65. The Kier molecular flexibility index (Phi) is 3.45. The number of halogens is 4. The molecular weight excluding hydrogens is 210 g/mol. The molecule has 0 aromatic heterocycles. The first kappa shape index (κ1) is 11.2. The average molecular weight is 215 g/mol. The molecule has 0 fully saturated rings. The van der Waals surface area contributed by atoms with Crippen LogP contribution in [0.1, 0.15) is 12.0 Å². The first-order chi connectivity index (χ1) is 7.07. The molecule has 5 heteroatoms. The highest BCUT2D eigenvalue weighted by atomic mass is 19.2. The summed E-state index contributed by atoms with van der Waals surface area (Å²) >= 11 is 0. The first-order valence-electron chi connectivity index (χ1n) is 3.94. The van der Waals surface area contributed by atoms with Gasteiger partial charge in [0, 0.05) is 6.07 Å². The molecule has 0 amide bonds. The Morgan fingerprint density at radius 3 is 2.13 bits per heavy atom. The van der Waals surface area contributed by atoms with Gasteiger partial charge >= 0.3 is 0 Å². The van der Waals surface area contributed by atoms with E-state index >= 15 is 0 Å². The molecule has 0 aliphatic rings. The van der Waals surface area contributed by atoms with Crippen molar-refractivity contribution in [1.82, 2.24) is 0 Å². The van der Waals surface area contributed by atoms with Crippen LogP contribution < -0.4 is 0 Å². The third-order valence-electron chi connectivity index (χ3n) is 1.64. The van der Waals surface area contributed by atoms with Gasteiger partial charge in [-0.05, 0) is 0 Å². The summed E-state index contributed by atoms with van der Waals surface area (Å²) < 4.78 is 51.2. The summed E-state index contributed by atoms with van der Waals surface area (Å²) in [6.45, 7) is 0. The normalized spacial score (nSPS) is 10.6. The zero-order valence-corrected chi connectivity index (χ0v) is 7.40. The van der Waals surface area contributed by atoms with Gasteiger partial charge in [-0.3, -0.25) is 0 Å². The number of benzene rings is 1. The van der Waals surface area contributed by atoms with Crippen LogP contribution in [0.2, 0.25) is 0 Å². The van der Waals surface area contributed by atoms with Crippen molar-refractivity contribution in [3.63, 3.8) is 0 Å². The zero-order valence-electron chi connectivity index (χ0n) is 7.40. The molecule has 0 radical (unpaired) electrons. The van der Waals surface area contributed by atoms with Crippen molar-refractivity contribution in [2.45, 2.75) is 6.42 Å². The lowest BCUT2D eigenvalue weighted by atomic mass is 10.1. The van der Waals surface area contributed by atoms with Gasteiger partial charge in [0.1, 0.15) is 0 Å². The van der Waals surface area contributed by atoms with E-state index in [-0.39, 0.29) is 12.5 Å². The van der Waals surface area contributed by atoms with Crippen LogP contribution in [0.3, 0.4) is 0 Å². The molecule has 15 heavy (non-hydrogen) atoms. The van der Waals surface area contributed by atoms with Gasteiger partial charge in [0.2, 0.25) is 0 Å². The highest BCUT2D eigenvalue weighted by molar-refractivity contribution is 5.51. The fraction of sp³-hybridized carbons (Fsp3) is 0.100. The molecule has 78 valence electrons. The quantitative estimate of drug-likeness (QED) is 0.549. The van der Waals surface area contributed by atoms with Crippen molar-refractivity contribution in [1.29, 1.82) is 5.26 Å². The highest BCUT2D eigenvalue weighted by Crippen LogP contribution is 2.20. The van der Waals surface area contributed by atoms with Crippen LogP contribution >= 0.6 is 0 Å². The lowest BCUT2D eigenvalue weighted by molar-refractivity contribution is 0.451. The Labute approximate surface area is 83.3 Å². The predicted octanol–water partition coefficient (Wildman–Crippen LogP) is 3.17. The minimum absolute atomic E-state index is 0.100. The molecule has 1 aromatic carbocycles. The Morgan fingerprint density at radius 2 is 1.67 bits per heavy atom. The van der Waals surface area contributed by atoms with Gasteiger partial charge in [0.15, 0.2) is 23.3 Å². The van der Waals surface area contributed by atoms with Crippen LogP contribution in [0.5, 0.6) is 0 Å². The van der Waals surface area contributed by atoms with Crippen molar-refractivity contribution in [2.75, 3.05) is 0 Å². The molecule has 0 unspecified atom stereocenters. The number of hydrogen-bond donors (Lipinski definition) is 0. The largest absolute Gasteiger partial charge is 0.204 e. The van der Waals surface area contributed by atoms with Crippen molar-refractivity contribution < 1.29 is 17.6 Å². The smallest absolute Gasteiger partial charge is 0.169 e. The Balaban J connectivity index is 3.22. The van der Waals surface area contributed by atoms with E-state index in [1.54, 1.807) is 6.07 Å². The van der Waals surface area contributed by atoms with Crippen molar-refractivity contribution >= 4 is 6.08 Å². The average Bonchev–Trinajstić information content (AvgIpc) is 2.20. The molecule has 0 saturated carbocycles. The summed E-state index contributed by atoms with van der Waals surface area (Å²) in [6.07, 6.45) is 1.84. The van der Waals surface area contributed by atoms with Gasteiger partial charge in [-0.15, -0.1) is 0 Å². The molecule has 0 aliphatic heterocycles. The van der Waals surface area contributed by atoms with Crippen LogP contribution in [-0.4, -0.2) is 0 Å². The van der Waals surface area contributed by atoms with Crippen LogP contribution in [-0.2, 0) is 0 Å². The third-order valence-corrected chi connectivity index (χ3v) is 1.64. The van der Waals surface area contributed by atoms with Crippen LogP contribution in [0.25, 0.3) is 6.08 Å². The minimum Gasteiger partial charge on any atom is -0.204 e. The first-order valence-corrected chi connectivity index (χ1v) is 3.94. The van der Waals surface area contributed by atoms with Gasteiger partial charge in [-0.25, -0.2) is 17.6 Å². The molecular formula is C10H5F4N. The summed E-state index contributed by atoms with van der Waals surface area (Å²) in [5.41, 5.74) is -0.817. The van der Waals surface area contributed by atoms with Gasteiger partial charge in [-0.1, -0.05) is 12.2 Å². The molecule has 0 N–H and O–H groups in total. The summed E-state index contributed by atoms with van der Waals surface area (Å²) in [7, 11) is 0. The van der Waals surface area contributed by atoms with Crippen molar-refractivity contribution in [3.05, 3.63) is 41.0 Å². The molecule has 0 atom stereocenters. The number of allylic oxidation sites excluding steroid dienone is 1. The second kappa shape index (κ2) is 4.60. The van der Waals surface area contributed by atoms with Gasteiger partial charge in [-0.2, -0.15) is 5.26 Å². The third kappa shape index (κ3) is 2.34. The van der Waals surface area contributed by atoms with Gasteiger partial charge < -0.3 is 0 Å². The molecule has 1 aromatic rings. The second-order valence-corrected chi connectivity index (χ2v) is 2.65. The standard InChI is InChI=1S/C10H5F4N/c11-7-5-8(12)10(14)6(9(7)13)3-1-2-4-15/h1,3,5H,2H2. The maximum Gasteiger partial charge on any atom is 0.169 e. The maximum absolute atomic E-state index is 13.0. The van der Waals surface area contributed by atoms with E-state index in [1.165, 1.54) is 0 Å². The van der Waals surface area contributed by atoms with Crippen molar-refractivity contribution in [2.24, 2.45) is 0 Å². The summed E-state index contributed by atoms with van der Waals surface area (Å²) in [5, 5.41) is 8.16. The van der Waals surface area contributed by atoms with E-state index in [0.29, 0.717) is 0 Å². The highest BCUT2D eigenvalue weighted by Gasteiger charge is 2.16. The van der Waals surface area contributed by atoms with Crippen molar-refractivity contribution in [3.8, 4) is 6.07 Å². The molecule has 0 saturated heterocycles. The number of hydrogen-bond acceptors (Lipinski definition) is 1. The molecule has 1 rings (SSSR count). The fourth-order valence-corrected chi connectivity index (χ4v) is 0.967. The Morgan fingerprint density at radius 1 is 1.13 bits per heavy atom. The van der Waals surface area contributed by atoms with Crippen LogP contribution in [0.15, 0.2) is 12.1 Å². The van der Waals surface area contributed by atoms with E-state index in [1.807, 2.05) is 0 Å². The SMILES string of the molecule is N#CCC=Cc1c(F)c(F)cc(F)c1F. The zero-order chi connectivity index (χ0) is 11.4. The van der Waals surface area contributed by atoms with E-state index in [2.05, 4.69) is 0 Å². The molecule has 0 aliphatic carbocycles.